The van der Waals surface area contributed by atoms with Gasteiger partial charge in [0.1, 0.15) is 0 Å². The molecule has 1 N–H and O–H groups in total. The third-order valence-electron chi connectivity index (χ3n) is 0.313. The van der Waals surface area contributed by atoms with E-state index >= 15 is 0 Å². The molecule has 0 spiro atoms. The molecule has 0 saturated carbocycles. The Morgan fingerprint density at radius 1 is 1.67 bits per heavy atom. The van der Waals surface area contributed by atoms with E-state index in [9.17, 15) is 0 Å². The Kier molecular flexibility index (Phi) is 6.26. The van der Waals surface area contributed by atoms with Crippen LogP contribution >= 0.6 is 22.6 Å². The highest BCUT2D eigenvalue weighted by molar-refractivity contribution is 14.1. The monoisotopic (exact) mass is 202 g/mol. The van der Waals surface area contributed by atoms with E-state index < -0.39 is 0 Å². The summed E-state index contributed by atoms with van der Waals surface area (Å²) in [6, 6.07) is 0. The van der Waals surface area contributed by atoms with Crippen LogP contribution in [-0.2, 0) is 4.74 Å². The van der Waals surface area contributed by atoms with Crippen molar-refractivity contribution >= 4 is 22.6 Å². The van der Waals surface area contributed by atoms with Crippen LogP contribution in [-0.4, -0.2) is 22.9 Å². The minimum Gasteiger partial charge on any atom is -0.394 e. The summed E-state index contributed by atoms with van der Waals surface area (Å²) in [5.74, 6) is 0. The van der Waals surface area contributed by atoms with E-state index in [4.69, 9.17) is 9.84 Å². The maximum absolute atomic E-state index is 8.07. The molecule has 0 atom stereocenters. The standard InChI is InChI=1S/C3H7IO2/c4-3-6-2-1-5/h5H,1-3H2. The summed E-state index contributed by atoms with van der Waals surface area (Å²) < 4.78 is 5.38. The van der Waals surface area contributed by atoms with Crippen LogP contribution in [0.4, 0.5) is 0 Å². The van der Waals surface area contributed by atoms with E-state index in [2.05, 4.69) is 22.6 Å². The molecule has 0 heterocycles. The minimum atomic E-state index is 0.128. The molecule has 0 amide bonds. The third kappa shape index (κ3) is 4.65. The summed E-state index contributed by atoms with van der Waals surface area (Å²) in [7, 11) is 0. The average Bonchev–Trinajstić information content (AvgIpc) is 1.61. The molecule has 3 heteroatoms. The fourth-order valence-corrected chi connectivity index (χ4v) is 0.431. The summed E-state index contributed by atoms with van der Waals surface area (Å²) >= 11 is 2.08. The molecule has 0 bridgehead atoms. The van der Waals surface area contributed by atoms with E-state index in [1.54, 1.807) is 0 Å². The normalized spacial score (nSPS) is 9.00. The quantitative estimate of drug-likeness (QED) is 0.407. The van der Waals surface area contributed by atoms with Gasteiger partial charge in [-0.15, -0.1) is 0 Å². The van der Waals surface area contributed by atoms with Gasteiger partial charge in [0.15, 0.2) is 0 Å². The van der Waals surface area contributed by atoms with Gasteiger partial charge in [-0.3, -0.25) is 0 Å². The Labute approximate surface area is 50.6 Å². The second kappa shape index (κ2) is 5.65. The Morgan fingerprint density at radius 2 is 2.33 bits per heavy atom. The van der Waals surface area contributed by atoms with Crippen molar-refractivity contribution in [1.82, 2.24) is 0 Å². The van der Waals surface area contributed by atoms with E-state index in [0.717, 1.165) is 0 Å². The zero-order valence-electron chi connectivity index (χ0n) is 3.35. The highest BCUT2D eigenvalue weighted by Crippen LogP contribution is 1.80. The molecule has 2 nitrogen and oxygen atoms in total. The molecular formula is C3H7IO2. The Hall–Kier alpha value is 0.650. The first-order valence-corrected chi connectivity index (χ1v) is 3.19. The van der Waals surface area contributed by atoms with Crippen molar-refractivity contribution in [3.8, 4) is 0 Å². The maximum Gasteiger partial charge on any atom is 0.0980 e. The van der Waals surface area contributed by atoms with Crippen molar-refractivity contribution in [3.63, 3.8) is 0 Å². The highest BCUT2D eigenvalue weighted by Gasteiger charge is 1.74. The summed E-state index contributed by atoms with van der Waals surface area (Å²) in [5, 5.41) is 8.07. The lowest BCUT2D eigenvalue weighted by molar-refractivity contribution is 0.131. The molecular weight excluding hydrogens is 195 g/mol. The Morgan fingerprint density at radius 3 is 2.50 bits per heavy atom. The molecule has 0 saturated heterocycles. The summed E-state index contributed by atoms with van der Waals surface area (Å²) in [6.45, 7) is 0.589. The van der Waals surface area contributed by atoms with Crippen LogP contribution in [0.2, 0.25) is 0 Å². The van der Waals surface area contributed by atoms with Crippen molar-refractivity contribution in [1.29, 1.82) is 0 Å². The van der Waals surface area contributed by atoms with Crippen LogP contribution in [0.5, 0.6) is 0 Å². The van der Waals surface area contributed by atoms with Crippen LogP contribution < -0.4 is 0 Å². The van der Waals surface area contributed by atoms with Crippen LogP contribution in [0, 0.1) is 0 Å². The number of halogens is 1. The molecule has 0 rings (SSSR count). The molecule has 6 heavy (non-hydrogen) atoms. The number of hydrogen-bond acceptors (Lipinski definition) is 2. The second-order valence-electron chi connectivity index (χ2n) is 0.741. The first kappa shape index (κ1) is 6.65. The number of ether oxygens (including phenoxy) is 1. The predicted molar refractivity (Wildman–Crippen MR) is 31.9 cm³/mol. The van der Waals surface area contributed by atoms with E-state index in [1.807, 2.05) is 0 Å². The molecule has 0 radical (unpaired) electrons. The first-order valence-electron chi connectivity index (χ1n) is 1.66. The maximum atomic E-state index is 8.07. The molecule has 0 aromatic carbocycles. The van der Waals surface area contributed by atoms with Crippen molar-refractivity contribution in [2.75, 3.05) is 17.8 Å². The number of hydrogen-bond donors (Lipinski definition) is 1. The molecule has 0 aliphatic carbocycles. The van der Waals surface area contributed by atoms with Gasteiger partial charge in [-0.05, 0) is 0 Å². The van der Waals surface area contributed by atoms with Crippen molar-refractivity contribution in [2.24, 2.45) is 0 Å². The van der Waals surface area contributed by atoms with Gasteiger partial charge in [0.05, 0.1) is 17.8 Å². The zero-order chi connectivity index (χ0) is 4.83. The van der Waals surface area contributed by atoms with Gasteiger partial charge < -0.3 is 9.84 Å². The van der Waals surface area contributed by atoms with Gasteiger partial charge >= 0.3 is 0 Å². The Bertz CT molecular complexity index is 20.8. The van der Waals surface area contributed by atoms with Crippen LogP contribution in [0.15, 0.2) is 0 Å². The lowest BCUT2D eigenvalue weighted by atomic mass is 10.8. The van der Waals surface area contributed by atoms with Gasteiger partial charge in [-0.25, -0.2) is 0 Å². The van der Waals surface area contributed by atoms with E-state index in [1.165, 1.54) is 0 Å². The lowest BCUT2D eigenvalue weighted by Crippen LogP contribution is -1.94. The van der Waals surface area contributed by atoms with Gasteiger partial charge in [0.2, 0.25) is 0 Å². The largest absolute Gasteiger partial charge is 0.394 e. The summed E-state index contributed by atoms with van der Waals surface area (Å²) in [6.07, 6.45) is 0. The number of rotatable bonds is 3. The molecule has 38 valence electrons. The smallest absolute Gasteiger partial charge is 0.0980 e. The van der Waals surface area contributed by atoms with Crippen LogP contribution in [0.1, 0.15) is 0 Å². The topological polar surface area (TPSA) is 29.5 Å². The molecule has 0 aromatic rings. The summed E-state index contributed by atoms with van der Waals surface area (Å²) in [5.41, 5.74) is 0. The van der Waals surface area contributed by atoms with Gasteiger partial charge in [-0.1, -0.05) is 22.6 Å². The molecule has 0 unspecified atom stereocenters. The van der Waals surface area contributed by atoms with Gasteiger partial charge in [0.25, 0.3) is 0 Å². The predicted octanol–water partition coefficient (Wildman–Crippen LogP) is 0.388. The SMILES string of the molecule is OCCOCI. The van der Waals surface area contributed by atoms with E-state index in [0.29, 0.717) is 11.2 Å². The fourth-order valence-electron chi connectivity index (χ4n) is 0.119. The molecule has 0 aromatic heterocycles. The van der Waals surface area contributed by atoms with E-state index in [-0.39, 0.29) is 6.61 Å². The lowest BCUT2D eigenvalue weighted by Gasteiger charge is -1.89. The highest BCUT2D eigenvalue weighted by atomic mass is 127. The summed E-state index contributed by atoms with van der Waals surface area (Å²) in [4.78, 5) is 0. The number of aliphatic hydroxyl groups excluding tert-OH is 1. The van der Waals surface area contributed by atoms with Crippen molar-refractivity contribution < 1.29 is 9.84 Å². The second-order valence-corrected chi connectivity index (χ2v) is 1.36. The third-order valence-corrected chi connectivity index (χ3v) is 0.753. The average molecular weight is 202 g/mol. The van der Waals surface area contributed by atoms with Crippen LogP contribution in [0.3, 0.4) is 0 Å². The first-order chi connectivity index (χ1) is 2.91. The van der Waals surface area contributed by atoms with Gasteiger partial charge in [0, 0.05) is 0 Å². The van der Waals surface area contributed by atoms with Crippen molar-refractivity contribution in [2.45, 2.75) is 0 Å². The molecule has 0 fully saturated rings. The molecule has 0 aliphatic rings. The zero-order valence-corrected chi connectivity index (χ0v) is 5.51. The molecule has 0 aliphatic heterocycles. The number of aliphatic hydroxyl groups is 1. The van der Waals surface area contributed by atoms with Crippen LogP contribution in [0.25, 0.3) is 0 Å². The van der Waals surface area contributed by atoms with Crippen molar-refractivity contribution in [3.05, 3.63) is 0 Å². The fraction of sp³-hybridized carbons (Fsp3) is 1.00. The minimum absolute atomic E-state index is 0.128. The van der Waals surface area contributed by atoms with Gasteiger partial charge in [-0.2, -0.15) is 0 Å². The Balaban J connectivity index is 2.34. The number of alkyl halides is 1.